The van der Waals surface area contributed by atoms with Crippen molar-refractivity contribution in [1.29, 1.82) is 0 Å². The Morgan fingerprint density at radius 2 is 2.00 bits per heavy atom. The van der Waals surface area contributed by atoms with Crippen LogP contribution >= 0.6 is 15.9 Å². The van der Waals surface area contributed by atoms with Gasteiger partial charge in [-0.15, -0.1) is 0 Å². The minimum absolute atomic E-state index is 0.147. The molecule has 68 valence electrons. The van der Waals surface area contributed by atoms with Crippen LogP contribution in [0, 0.1) is 0 Å². The van der Waals surface area contributed by atoms with Crippen molar-refractivity contribution in [3.8, 4) is 0 Å². The van der Waals surface area contributed by atoms with Gasteiger partial charge in [0.2, 0.25) is 0 Å². The molecule has 3 heteroatoms. The maximum Gasteiger partial charge on any atom is 0.112 e. The van der Waals surface area contributed by atoms with E-state index in [1.54, 1.807) is 0 Å². The minimum Gasteiger partial charge on any atom is -0.376 e. The topological polar surface area (TPSA) is 9.23 Å². The fourth-order valence-corrected chi connectivity index (χ4v) is 0.894. The van der Waals surface area contributed by atoms with E-state index in [0.29, 0.717) is 18.4 Å². The number of halogens is 2. The van der Waals surface area contributed by atoms with Crippen LogP contribution in [0.15, 0.2) is 0 Å². The van der Waals surface area contributed by atoms with Crippen LogP contribution in [0.4, 0.5) is 4.39 Å². The van der Waals surface area contributed by atoms with E-state index in [0.717, 1.165) is 0 Å². The van der Waals surface area contributed by atoms with Crippen molar-refractivity contribution >= 4 is 15.9 Å². The fourth-order valence-electron chi connectivity index (χ4n) is 0.570. The van der Waals surface area contributed by atoms with E-state index < -0.39 is 6.17 Å². The summed E-state index contributed by atoms with van der Waals surface area (Å²) in [5.74, 6) is 0. The van der Waals surface area contributed by atoms with Crippen molar-refractivity contribution in [2.75, 3.05) is 11.9 Å². The summed E-state index contributed by atoms with van der Waals surface area (Å²) in [5.41, 5.74) is -0.147. The molecule has 0 saturated carbocycles. The third-order valence-electron chi connectivity index (χ3n) is 1.13. The van der Waals surface area contributed by atoms with E-state index >= 15 is 0 Å². The molecule has 0 aromatic heterocycles. The van der Waals surface area contributed by atoms with Gasteiger partial charge in [0.25, 0.3) is 0 Å². The van der Waals surface area contributed by atoms with Gasteiger partial charge in [-0.1, -0.05) is 15.9 Å². The monoisotopic (exact) mass is 226 g/mol. The first-order chi connectivity index (χ1) is 4.95. The maximum absolute atomic E-state index is 12.6. The van der Waals surface area contributed by atoms with Crippen LogP contribution in [0.5, 0.6) is 0 Å². The standard InChI is InChI=1S/C8H16BrFO/c1-8(2,3)11-5-4-7(10)6-9/h7H,4-6H2,1-3H3. The summed E-state index contributed by atoms with van der Waals surface area (Å²) in [6.07, 6.45) is -0.306. The Morgan fingerprint density at radius 1 is 1.45 bits per heavy atom. The van der Waals surface area contributed by atoms with Gasteiger partial charge in [-0.25, -0.2) is 4.39 Å². The number of rotatable bonds is 4. The molecule has 0 N–H and O–H groups in total. The molecule has 0 aliphatic rings. The first-order valence-corrected chi connectivity index (χ1v) is 4.92. The smallest absolute Gasteiger partial charge is 0.112 e. The Kier molecular flexibility index (Phi) is 5.26. The van der Waals surface area contributed by atoms with Gasteiger partial charge in [0.1, 0.15) is 6.17 Å². The van der Waals surface area contributed by atoms with Crippen LogP contribution in [-0.4, -0.2) is 23.7 Å². The Labute approximate surface area is 76.4 Å². The molecule has 0 radical (unpaired) electrons. The molecular formula is C8H16BrFO. The summed E-state index contributed by atoms with van der Waals surface area (Å²) in [6, 6.07) is 0. The van der Waals surface area contributed by atoms with E-state index in [2.05, 4.69) is 15.9 Å². The van der Waals surface area contributed by atoms with Crippen LogP contribution in [-0.2, 0) is 4.74 Å². The average Bonchev–Trinajstić information content (AvgIpc) is 1.85. The van der Waals surface area contributed by atoms with Crippen molar-refractivity contribution in [2.24, 2.45) is 0 Å². The maximum atomic E-state index is 12.6. The molecule has 0 spiro atoms. The molecule has 0 saturated heterocycles. The highest BCUT2D eigenvalue weighted by molar-refractivity contribution is 9.09. The second kappa shape index (κ2) is 5.09. The lowest BCUT2D eigenvalue weighted by molar-refractivity contribution is -0.00989. The van der Waals surface area contributed by atoms with Crippen LogP contribution < -0.4 is 0 Å². The summed E-state index contributed by atoms with van der Waals surface area (Å²) in [6.45, 7) is 6.40. The second-order valence-corrected chi connectivity index (χ2v) is 4.15. The molecule has 0 aliphatic carbocycles. The van der Waals surface area contributed by atoms with Gasteiger partial charge in [-0.2, -0.15) is 0 Å². The van der Waals surface area contributed by atoms with Crippen LogP contribution in [0.2, 0.25) is 0 Å². The Morgan fingerprint density at radius 3 is 2.36 bits per heavy atom. The summed E-state index contributed by atoms with van der Waals surface area (Å²) in [4.78, 5) is 0. The highest BCUT2D eigenvalue weighted by Gasteiger charge is 2.11. The molecule has 0 heterocycles. The lowest BCUT2D eigenvalue weighted by Crippen LogP contribution is -2.21. The van der Waals surface area contributed by atoms with Gasteiger partial charge < -0.3 is 4.74 Å². The van der Waals surface area contributed by atoms with Gasteiger partial charge in [0.15, 0.2) is 0 Å². The Bertz CT molecular complexity index is 101. The molecule has 1 atom stereocenters. The number of ether oxygens (including phenoxy) is 1. The zero-order chi connectivity index (χ0) is 8.91. The summed E-state index contributed by atoms with van der Waals surface area (Å²) in [5, 5.41) is 0.403. The van der Waals surface area contributed by atoms with Gasteiger partial charge in [0, 0.05) is 11.8 Å². The molecule has 0 fully saturated rings. The lowest BCUT2D eigenvalue weighted by Gasteiger charge is -2.19. The van der Waals surface area contributed by atoms with E-state index in [9.17, 15) is 4.39 Å². The van der Waals surface area contributed by atoms with E-state index in [4.69, 9.17) is 4.74 Å². The summed E-state index contributed by atoms with van der Waals surface area (Å²) < 4.78 is 17.9. The largest absolute Gasteiger partial charge is 0.376 e. The Balaban J connectivity index is 3.28. The molecule has 1 unspecified atom stereocenters. The van der Waals surface area contributed by atoms with Crippen molar-refractivity contribution in [1.82, 2.24) is 0 Å². The van der Waals surface area contributed by atoms with E-state index in [-0.39, 0.29) is 5.60 Å². The van der Waals surface area contributed by atoms with Crippen molar-refractivity contribution < 1.29 is 9.13 Å². The quantitative estimate of drug-likeness (QED) is 0.671. The molecule has 11 heavy (non-hydrogen) atoms. The van der Waals surface area contributed by atoms with Gasteiger partial charge in [-0.3, -0.25) is 0 Å². The predicted octanol–water partition coefficient (Wildman–Crippen LogP) is 2.92. The van der Waals surface area contributed by atoms with E-state index in [1.165, 1.54) is 0 Å². The summed E-state index contributed by atoms with van der Waals surface area (Å²) >= 11 is 3.06. The molecule has 0 aromatic carbocycles. The Hall–Kier alpha value is 0.370. The third-order valence-corrected chi connectivity index (χ3v) is 1.84. The number of hydrogen-bond donors (Lipinski definition) is 0. The average molecular weight is 227 g/mol. The molecule has 0 bridgehead atoms. The number of alkyl halides is 2. The van der Waals surface area contributed by atoms with Crippen LogP contribution in [0.3, 0.4) is 0 Å². The predicted molar refractivity (Wildman–Crippen MR) is 49.0 cm³/mol. The normalized spacial score (nSPS) is 15.0. The molecular weight excluding hydrogens is 211 g/mol. The molecule has 0 rings (SSSR count). The fraction of sp³-hybridized carbons (Fsp3) is 1.00. The molecule has 0 aliphatic heterocycles. The molecule has 0 aromatic rings. The van der Waals surface area contributed by atoms with Crippen molar-refractivity contribution in [3.63, 3.8) is 0 Å². The molecule has 0 amide bonds. The second-order valence-electron chi connectivity index (χ2n) is 3.50. The van der Waals surface area contributed by atoms with Crippen molar-refractivity contribution in [3.05, 3.63) is 0 Å². The molecule has 1 nitrogen and oxygen atoms in total. The van der Waals surface area contributed by atoms with Crippen molar-refractivity contribution in [2.45, 2.75) is 39.0 Å². The number of hydrogen-bond acceptors (Lipinski definition) is 1. The third kappa shape index (κ3) is 8.27. The zero-order valence-electron chi connectivity index (χ0n) is 7.36. The highest BCUT2D eigenvalue weighted by Crippen LogP contribution is 2.09. The van der Waals surface area contributed by atoms with E-state index in [1.807, 2.05) is 20.8 Å². The first kappa shape index (κ1) is 11.4. The lowest BCUT2D eigenvalue weighted by atomic mass is 10.2. The minimum atomic E-state index is -0.780. The first-order valence-electron chi connectivity index (χ1n) is 3.79. The zero-order valence-corrected chi connectivity index (χ0v) is 8.95. The SMILES string of the molecule is CC(C)(C)OCCC(F)CBr. The highest BCUT2D eigenvalue weighted by atomic mass is 79.9. The van der Waals surface area contributed by atoms with Gasteiger partial charge >= 0.3 is 0 Å². The summed E-state index contributed by atoms with van der Waals surface area (Å²) in [7, 11) is 0. The van der Waals surface area contributed by atoms with Gasteiger partial charge in [0.05, 0.1) is 12.2 Å². The van der Waals surface area contributed by atoms with Gasteiger partial charge in [-0.05, 0) is 20.8 Å². The van der Waals surface area contributed by atoms with Crippen LogP contribution in [0.1, 0.15) is 27.2 Å². The van der Waals surface area contributed by atoms with Crippen LogP contribution in [0.25, 0.3) is 0 Å².